The lowest BCUT2D eigenvalue weighted by atomic mass is 9.82. The maximum absolute atomic E-state index is 5.30. The lowest BCUT2D eigenvalue weighted by Gasteiger charge is -2.22. The van der Waals surface area contributed by atoms with Crippen LogP contribution in [0, 0.1) is 0 Å². The number of nitrogens with zero attached hydrogens (tertiary/aromatic N) is 4. The van der Waals surface area contributed by atoms with E-state index in [4.69, 9.17) is 9.97 Å². The van der Waals surface area contributed by atoms with Crippen molar-refractivity contribution in [3.05, 3.63) is 205 Å². The van der Waals surface area contributed by atoms with E-state index in [1.54, 1.807) is 0 Å². The zero-order chi connectivity index (χ0) is 39.2. The summed E-state index contributed by atoms with van der Waals surface area (Å²) in [4.78, 5) is 10.4. The second kappa shape index (κ2) is 12.7. The van der Waals surface area contributed by atoms with Gasteiger partial charge in [0.25, 0.3) is 0 Å². The summed E-state index contributed by atoms with van der Waals surface area (Å²) in [6.45, 7) is 4.66. The Morgan fingerprint density at radius 2 is 1.08 bits per heavy atom. The molecule has 0 fully saturated rings. The Kier molecular flexibility index (Phi) is 7.24. The molecule has 0 saturated heterocycles. The van der Waals surface area contributed by atoms with Crippen LogP contribution in [-0.4, -0.2) is 19.1 Å². The van der Waals surface area contributed by atoms with Gasteiger partial charge in [0, 0.05) is 55.7 Å². The highest BCUT2D eigenvalue weighted by molar-refractivity contribution is 6.19. The Morgan fingerprint density at radius 1 is 0.424 bits per heavy atom. The van der Waals surface area contributed by atoms with E-state index in [-0.39, 0.29) is 5.41 Å². The van der Waals surface area contributed by atoms with Crippen molar-refractivity contribution in [2.24, 2.45) is 0 Å². The van der Waals surface area contributed by atoms with Crippen LogP contribution >= 0.6 is 0 Å². The molecule has 4 nitrogen and oxygen atoms in total. The van der Waals surface area contributed by atoms with Crippen LogP contribution < -0.4 is 0 Å². The van der Waals surface area contributed by atoms with Crippen LogP contribution in [0.2, 0.25) is 0 Å². The third-order valence-electron chi connectivity index (χ3n) is 12.6. The predicted molar refractivity (Wildman–Crippen MR) is 245 cm³/mol. The highest BCUT2D eigenvalue weighted by atomic mass is 15.0. The topological polar surface area (TPSA) is 35.6 Å². The number of para-hydroxylation sites is 3. The van der Waals surface area contributed by atoms with Gasteiger partial charge in [0.15, 0.2) is 5.82 Å². The number of benzene rings is 8. The molecule has 3 aromatic heterocycles. The molecule has 8 aromatic carbocycles. The van der Waals surface area contributed by atoms with E-state index in [0.29, 0.717) is 0 Å². The van der Waals surface area contributed by atoms with Gasteiger partial charge in [-0.25, -0.2) is 9.97 Å². The minimum atomic E-state index is -0.0937. The molecule has 59 heavy (non-hydrogen) atoms. The molecule has 278 valence electrons. The Hall–Kier alpha value is -7.56. The minimum Gasteiger partial charge on any atom is -0.316 e. The van der Waals surface area contributed by atoms with E-state index in [2.05, 4.69) is 217 Å². The molecule has 1 aliphatic carbocycles. The Labute approximate surface area is 342 Å². The highest BCUT2D eigenvalue weighted by Gasteiger charge is 2.35. The van der Waals surface area contributed by atoms with Gasteiger partial charge in [-0.1, -0.05) is 141 Å². The third kappa shape index (κ3) is 5.09. The molecule has 0 amide bonds. The molecule has 4 heteroatoms. The second-order valence-electron chi connectivity index (χ2n) is 16.2. The first-order chi connectivity index (χ1) is 29.0. The maximum Gasteiger partial charge on any atom is 0.160 e. The van der Waals surface area contributed by atoms with Gasteiger partial charge in [-0.3, -0.25) is 0 Å². The molecule has 0 atom stereocenters. The zero-order valence-corrected chi connectivity index (χ0v) is 32.8. The summed E-state index contributed by atoms with van der Waals surface area (Å²) in [6.07, 6.45) is 2.19. The largest absolute Gasteiger partial charge is 0.316 e. The standard InChI is InChI=1S/C55H38N4/c1-55(2)47-19-11-9-17-41(47)42-27-25-38(34-48(42)55)52-44-18-10-12-20-49(44)56-54(57-52)36-23-21-35(22-24-36)37-26-29-51-46(33-37)43-28-30-50-45(31-32-58(50)39-13-5-3-6-14-39)53(43)59(51)40-15-7-4-8-16-40/h3-34H,1-2H3. The fourth-order valence-corrected chi connectivity index (χ4v) is 9.65. The van der Waals surface area contributed by atoms with Gasteiger partial charge in [0.05, 0.1) is 27.8 Å². The highest BCUT2D eigenvalue weighted by Crippen LogP contribution is 2.50. The van der Waals surface area contributed by atoms with Gasteiger partial charge in [0.2, 0.25) is 0 Å². The first-order valence-corrected chi connectivity index (χ1v) is 20.3. The monoisotopic (exact) mass is 754 g/mol. The summed E-state index contributed by atoms with van der Waals surface area (Å²) in [5.74, 6) is 0.723. The lowest BCUT2D eigenvalue weighted by molar-refractivity contribution is 0.660. The second-order valence-corrected chi connectivity index (χ2v) is 16.2. The molecule has 0 bridgehead atoms. The van der Waals surface area contributed by atoms with Crippen molar-refractivity contribution in [1.82, 2.24) is 19.1 Å². The van der Waals surface area contributed by atoms with Gasteiger partial charge in [0.1, 0.15) is 0 Å². The average molecular weight is 755 g/mol. The number of aromatic nitrogens is 4. The number of fused-ring (bicyclic) bond motifs is 9. The molecule has 3 heterocycles. The first kappa shape index (κ1) is 33.6. The third-order valence-corrected chi connectivity index (χ3v) is 12.6. The molecular formula is C55H38N4. The molecule has 0 radical (unpaired) electrons. The van der Waals surface area contributed by atoms with Gasteiger partial charge in [-0.15, -0.1) is 0 Å². The van der Waals surface area contributed by atoms with Crippen LogP contribution in [0.1, 0.15) is 25.0 Å². The van der Waals surface area contributed by atoms with Crippen molar-refractivity contribution in [2.45, 2.75) is 19.3 Å². The first-order valence-electron chi connectivity index (χ1n) is 20.3. The molecule has 0 saturated carbocycles. The molecule has 0 aliphatic heterocycles. The van der Waals surface area contributed by atoms with Crippen molar-refractivity contribution >= 4 is 43.6 Å². The van der Waals surface area contributed by atoms with Gasteiger partial charge >= 0.3 is 0 Å². The van der Waals surface area contributed by atoms with Crippen LogP contribution in [0.3, 0.4) is 0 Å². The molecule has 0 spiro atoms. The van der Waals surface area contributed by atoms with Crippen LogP contribution in [0.5, 0.6) is 0 Å². The van der Waals surface area contributed by atoms with Crippen LogP contribution in [-0.2, 0) is 5.41 Å². The quantitative estimate of drug-likeness (QED) is 0.175. The summed E-state index contributed by atoms with van der Waals surface area (Å²) in [5.41, 5.74) is 17.4. The summed E-state index contributed by atoms with van der Waals surface area (Å²) in [6, 6.07) is 67.7. The Bertz CT molecular complexity index is 3440. The van der Waals surface area contributed by atoms with Gasteiger partial charge < -0.3 is 9.13 Å². The van der Waals surface area contributed by atoms with Crippen molar-refractivity contribution in [3.8, 4) is 56.3 Å². The summed E-state index contributed by atoms with van der Waals surface area (Å²) in [7, 11) is 0. The van der Waals surface area contributed by atoms with Crippen molar-refractivity contribution < 1.29 is 0 Å². The molecule has 11 aromatic rings. The zero-order valence-electron chi connectivity index (χ0n) is 32.8. The van der Waals surface area contributed by atoms with E-state index in [1.807, 2.05) is 0 Å². The van der Waals surface area contributed by atoms with Crippen molar-refractivity contribution in [2.75, 3.05) is 0 Å². The lowest BCUT2D eigenvalue weighted by Crippen LogP contribution is -2.14. The van der Waals surface area contributed by atoms with E-state index in [0.717, 1.165) is 50.5 Å². The van der Waals surface area contributed by atoms with Crippen molar-refractivity contribution in [1.29, 1.82) is 0 Å². The molecule has 0 N–H and O–H groups in total. The van der Waals surface area contributed by atoms with E-state index in [1.165, 1.54) is 60.5 Å². The van der Waals surface area contributed by atoms with Crippen molar-refractivity contribution in [3.63, 3.8) is 0 Å². The van der Waals surface area contributed by atoms with E-state index < -0.39 is 0 Å². The minimum absolute atomic E-state index is 0.0937. The normalized spacial score (nSPS) is 13.1. The van der Waals surface area contributed by atoms with E-state index in [9.17, 15) is 0 Å². The fraction of sp³-hybridized carbons (Fsp3) is 0.0545. The van der Waals surface area contributed by atoms with Gasteiger partial charge in [-0.05, 0) is 94.0 Å². The van der Waals surface area contributed by atoms with Crippen LogP contribution in [0.4, 0.5) is 0 Å². The maximum atomic E-state index is 5.30. The smallest absolute Gasteiger partial charge is 0.160 e. The fourth-order valence-electron chi connectivity index (χ4n) is 9.65. The van der Waals surface area contributed by atoms with Crippen LogP contribution in [0.15, 0.2) is 194 Å². The SMILES string of the molecule is CC1(C)c2ccccc2-c2ccc(-c3nc(-c4ccc(-c5ccc6c(c5)c5ccc7c(ccn7-c7ccccc7)c5n6-c5ccccc5)cc4)nc4ccccc34)cc21. The number of hydrogen-bond acceptors (Lipinski definition) is 2. The Balaban J connectivity index is 0.957. The average Bonchev–Trinajstić information content (AvgIpc) is 3.95. The number of hydrogen-bond donors (Lipinski definition) is 0. The Morgan fingerprint density at radius 3 is 1.92 bits per heavy atom. The summed E-state index contributed by atoms with van der Waals surface area (Å²) >= 11 is 0. The van der Waals surface area contributed by atoms with E-state index >= 15 is 0 Å². The molecule has 1 aliphatic rings. The number of rotatable bonds is 5. The predicted octanol–water partition coefficient (Wildman–Crippen LogP) is 14.0. The molecular weight excluding hydrogens is 717 g/mol. The molecule has 12 rings (SSSR count). The molecule has 0 unspecified atom stereocenters. The van der Waals surface area contributed by atoms with Gasteiger partial charge in [-0.2, -0.15) is 0 Å². The summed E-state index contributed by atoms with van der Waals surface area (Å²) in [5, 5.41) is 4.73. The summed E-state index contributed by atoms with van der Waals surface area (Å²) < 4.78 is 4.70. The van der Waals surface area contributed by atoms with Crippen LogP contribution in [0.25, 0.3) is 99.9 Å².